The summed E-state index contributed by atoms with van der Waals surface area (Å²) in [6, 6.07) is -0.0622. The van der Waals surface area contributed by atoms with Crippen molar-refractivity contribution in [2.75, 3.05) is 13.2 Å². The predicted molar refractivity (Wildman–Crippen MR) is 118 cm³/mol. The van der Waals surface area contributed by atoms with Gasteiger partial charge in [0.2, 0.25) is 0 Å². The molecule has 2 amide bonds. The van der Waals surface area contributed by atoms with Gasteiger partial charge in [-0.1, -0.05) is 0 Å². The van der Waals surface area contributed by atoms with Crippen molar-refractivity contribution in [1.82, 2.24) is 14.8 Å². The summed E-state index contributed by atoms with van der Waals surface area (Å²) >= 11 is 0. The molecule has 2 aromatic rings. The molecule has 2 fully saturated rings. The molecule has 9 nitrogen and oxygen atoms in total. The molecule has 192 valence electrons. The molecule has 3 aliphatic heterocycles. The number of nitrogens with zero attached hydrogens (tertiary/aromatic N) is 2. The Bertz CT molecular complexity index is 1310. The summed E-state index contributed by atoms with van der Waals surface area (Å²) in [5.41, 5.74) is -3.83. The molecule has 4 heterocycles. The van der Waals surface area contributed by atoms with Crippen LogP contribution in [0.2, 0.25) is 0 Å². The second kappa shape index (κ2) is 8.54. The van der Waals surface area contributed by atoms with Crippen molar-refractivity contribution in [1.29, 1.82) is 0 Å². The summed E-state index contributed by atoms with van der Waals surface area (Å²) in [5, 5.41) is 23.5. The molecule has 3 aliphatic rings. The molecule has 3 N–H and O–H groups in total. The first-order valence-corrected chi connectivity index (χ1v) is 11.6. The molecule has 1 aromatic heterocycles. The van der Waals surface area contributed by atoms with Crippen LogP contribution < -0.4 is 10.9 Å². The van der Waals surface area contributed by atoms with Crippen LogP contribution in [0.5, 0.6) is 11.5 Å². The number of amides is 2. The van der Waals surface area contributed by atoms with Crippen molar-refractivity contribution >= 4 is 11.8 Å². The number of carbonyl (C=O) groups excluding carboxylic acids is 2. The highest BCUT2D eigenvalue weighted by Crippen LogP contribution is 2.47. The molecule has 0 saturated carbocycles. The van der Waals surface area contributed by atoms with Crippen LogP contribution in [-0.2, 0) is 11.3 Å². The maximum absolute atomic E-state index is 14.0. The van der Waals surface area contributed by atoms with Crippen LogP contribution in [0.25, 0.3) is 0 Å². The number of carbonyl (C=O) groups is 2. The first kappa shape index (κ1) is 24.2. The fraction of sp³-hybridized carbons (Fsp3) is 0.458. The Balaban J connectivity index is 1.59. The number of aromatic hydroxyl groups is 2. The minimum absolute atomic E-state index is 0.115. The lowest BCUT2D eigenvalue weighted by atomic mass is 9.85. The van der Waals surface area contributed by atoms with Crippen LogP contribution in [0.3, 0.4) is 0 Å². The van der Waals surface area contributed by atoms with Gasteiger partial charge >= 0.3 is 0 Å². The molecule has 5 rings (SSSR count). The van der Waals surface area contributed by atoms with E-state index in [1.54, 1.807) is 0 Å². The number of hydrogen-bond donors (Lipinski definition) is 3. The molecular formula is C24H24F3N3O6. The lowest BCUT2D eigenvalue weighted by molar-refractivity contribution is -0.0478. The van der Waals surface area contributed by atoms with Crippen LogP contribution in [-0.4, -0.2) is 56.3 Å². The molecule has 3 atom stereocenters. The molecule has 12 heteroatoms. The topological polar surface area (TPSA) is 121 Å². The smallest absolute Gasteiger partial charge is 0.274 e. The predicted octanol–water partition coefficient (Wildman–Crippen LogP) is 2.34. The minimum Gasteiger partial charge on any atom is -0.504 e. The van der Waals surface area contributed by atoms with E-state index in [-0.39, 0.29) is 12.6 Å². The summed E-state index contributed by atoms with van der Waals surface area (Å²) in [4.78, 5) is 41.3. The highest BCUT2D eigenvalue weighted by atomic mass is 19.1. The summed E-state index contributed by atoms with van der Waals surface area (Å²) in [5.74, 6) is -7.60. The molecule has 1 spiro atoms. The summed E-state index contributed by atoms with van der Waals surface area (Å²) in [7, 11) is 0. The maximum Gasteiger partial charge on any atom is 0.274 e. The molecule has 0 radical (unpaired) electrons. The van der Waals surface area contributed by atoms with Crippen LogP contribution in [0.15, 0.2) is 16.9 Å². The van der Waals surface area contributed by atoms with E-state index < -0.39 is 81.3 Å². The summed E-state index contributed by atoms with van der Waals surface area (Å²) in [6.07, 6.45) is 2.47. The molecule has 1 aromatic carbocycles. The van der Waals surface area contributed by atoms with Crippen LogP contribution in [0.1, 0.15) is 65.1 Å². The maximum atomic E-state index is 14.0. The van der Waals surface area contributed by atoms with Crippen LogP contribution >= 0.6 is 0 Å². The van der Waals surface area contributed by atoms with E-state index in [4.69, 9.17) is 4.74 Å². The zero-order valence-corrected chi connectivity index (χ0v) is 19.3. The molecular weight excluding hydrogens is 483 g/mol. The first-order valence-electron chi connectivity index (χ1n) is 11.6. The zero-order chi connectivity index (χ0) is 25.9. The second-order valence-electron chi connectivity index (χ2n) is 9.50. The Morgan fingerprint density at radius 3 is 2.50 bits per heavy atom. The van der Waals surface area contributed by atoms with Crippen molar-refractivity contribution in [2.24, 2.45) is 0 Å². The Hall–Kier alpha value is -3.54. The van der Waals surface area contributed by atoms with E-state index in [0.717, 1.165) is 11.0 Å². The van der Waals surface area contributed by atoms with E-state index in [2.05, 4.69) is 5.32 Å². The fourth-order valence-corrected chi connectivity index (χ4v) is 5.60. The average Bonchev–Trinajstić information content (AvgIpc) is 3.25. The van der Waals surface area contributed by atoms with Gasteiger partial charge in [0.15, 0.2) is 22.8 Å². The number of ether oxygens (including phenoxy) is 1. The van der Waals surface area contributed by atoms with Gasteiger partial charge < -0.3 is 25.2 Å². The number of fused-ring (bicyclic) bond motifs is 5. The van der Waals surface area contributed by atoms with Crippen molar-refractivity contribution in [3.8, 4) is 11.5 Å². The largest absolute Gasteiger partial charge is 0.504 e. The van der Waals surface area contributed by atoms with Crippen molar-refractivity contribution in [2.45, 2.75) is 56.8 Å². The van der Waals surface area contributed by atoms with Gasteiger partial charge in [0, 0.05) is 43.4 Å². The van der Waals surface area contributed by atoms with E-state index >= 15 is 0 Å². The fourth-order valence-electron chi connectivity index (χ4n) is 5.60. The van der Waals surface area contributed by atoms with Gasteiger partial charge in [-0.25, -0.2) is 13.2 Å². The number of nitrogens with one attached hydrogen (secondary N) is 1. The highest BCUT2D eigenvalue weighted by Gasteiger charge is 2.53. The number of halogens is 3. The quantitative estimate of drug-likeness (QED) is 0.587. The standard InChI is InChI=1S/C24H24F3N3O6/c1-11-3-5-24(4-2-6-36-24)16-10-29(11)23(35)18-20(32)19(31)17(22(34)30(16)18)21(33)28-9-13-14(26)7-12(25)8-15(13)27/h7-8,11,16,31-32H,2-6,9-10H2,1H3,(H,28,33). The van der Waals surface area contributed by atoms with Crippen LogP contribution in [0.4, 0.5) is 13.2 Å². The molecule has 0 aliphatic carbocycles. The average molecular weight is 507 g/mol. The van der Waals surface area contributed by atoms with E-state index in [9.17, 15) is 37.8 Å². The van der Waals surface area contributed by atoms with Gasteiger partial charge in [0.05, 0.1) is 11.6 Å². The number of aromatic nitrogens is 1. The van der Waals surface area contributed by atoms with Gasteiger partial charge in [0.1, 0.15) is 17.5 Å². The van der Waals surface area contributed by atoms with Gasteiger partial charge in [0.25, 0.3) is 17.4 Å². The van der Waals surface area contributed by atoms with Crippen molar-refractivity contribution in [3.63, 3.8) is 0 Å². The third-order valence-electron chi connectivity index (χ3n) is 7.52. The third kappa shape index (κ3) is 3.54. The molecule has 2 bridgehead atoms. The lowest BCUT2D eigenvalue weighted by Gasteiger charge is -2.42. The number of pyridine rings is 1. The number of rotatable bonds is 3. The van der Waals surface area contributed by atoms with Crippen molar-refractivity contribution in [3.05, 3.63) is 56.8 Å². The second-order valence-corrected chi connectivity index (χ2v) is 9.50. The van der Waals surface area contributed by atoms with Crippen LogP contribution in [0, 0.1) is 17.5 Å². The van der Waals surface area contributed by atoms with Gasteiger partial charge in [-0.3, -0.25) is 19.0 Å². The van der Waals surface area contributed by atoms with Crippen molar-refractivity contribution < 1.29 is 37.7 Å². The third-order valence-corrected chi connectivity index (χ3v) is 7.52. The number of benzene rings is 1. The Labute approximate surface area is 203 Å². The molecule has 2 saturated heterocycles. The van der Waals surface area contributed by atoms with Gasteiger partial charge in [-0.2, -0.15) is 0 Å². The van der Waals surface area contributed by atoms with E-state index in [0.29, 0.717) is 38.0 Å². The van der Waals surface area contributed by atoms with Gasteiger partial charge in [-0.15, -0.1) is 0 Å². The monoisotopic (exact) mass is 507 g/mol. The lowest BCUT2D eigenvalue weighted by Crippen LogP contribution is -2.55. The molecule has 3 unspecified atom stereocenters. The van der Waals surface area contributed by atoms with Gasteiger partial charge in [-0.05, 0) is 32.6 Å². The van der Waals surface area contributed by atoms with E-state index in [1.807, 2.05) is 6.92 Å². The normalized spacial score (nSPS) is 25.1. The summed E-state index contributed by atoms with van der Waals surface area (Å²) in [6.45, 7) is 1.65. The Morgan fingerprint density at radius 2 is 1.86 bits per heavy atom. The Morgan fingerprint density at radius 1 is 1.17 bits per heavy atom. The highest BCUT2D eigenvalue weighted by molar-refractivity contribution is 6.02. The SMILES string of the molecule is CC1CCC2(CCCO2)C2CN1C(=O)c1c(O)c(O)c(C(=O)NCc3c(F)cc(F)cc3F)c(=O)n12. The Kier molecular flexibility index (Phi) is 5.73. The zero-order valence-electron chi connectivity index (χ0n) is 19.3. The van der Waals surface area contributed by atoms with E-state index in [1.165, 1.54) is 4.90 Å². The summed E-state index contributed by atoms with van der Waals surface area (Å²) < 4.78 is 48.3. The molecule has 36 heavy (non-hydrogen) atoms. The first-order chi connectivity index (χ1) is 17.1. The minimum atomic E-state index is -1.25. The number of hydrogen-bond acceptors (Lipinski definition) is 6.